The standard InChI is InChI=1S/C15H23F2N3/c1-19(9-12-4-3-7-20(12)2)10-15(18)13-6-5-11(16)8-14(13)17/h5-6,8,12,15H,3-4,7,9-10,18H2,1-2H3. The summed E-state index contributed by atoms with van der Waals surface area (Å²) in [6, 6.07) is 3.69. The van der Waals surface area contributed by atoms with Gasteiger partial charge in [-0.25, -0.2) is 8.78 Å². The quantitative estimate of drug-likeness (QED) is 0.897. The van der Waals surface area contributed by atoms with E-state index in [0.29, 0.717) is 18.2 Å². The lowest BCUT2D eigenvalue weighted by molar-refractivity contribution is 0.212. The SMILES string of the molecule is CN(CC(N)c1ccc(F)cc1F)CC1CCCN1C. The van der Waals surface area contributed by atoms with Crippen molar-refractivity contribution in [1.29, 1.82) is 0 Å². The third-order valence-corrected chi connectivity index (χ3v) is 4.06. The van der Waals surface area contributed by atoms with Crippen LogP contribution in [0.4, 0.5) is 8.78 Å². The molecule has 3 nitrogen and oxygen atoms in total. The molecule has 1 fully saturated rings. The molecule has 1 aliphatic heterocycles. The summed E-state index contributed by atoms with van der Waals surface area (Å²) >= 11 is 0. The molecule has 20 heavy (non-hydrogen) atoms. The highest BCUT2D eigenvalue weighted by molar-refractivity contribution is 5.22. The number of rotatable bonds is 5. The van der Waals surface area contributed by atoms with Gasteiger partial charge < -0.3 is 15.5 Å². The Morgan fingerprint density at radius 3 is 2.80 bits per heavy atom. The number of nitrogens with two attached hydrogens (primary N) is 1. The number of halogens is 2. The molecule has 1 saturated heterocycles. The van der Waals surface area contributed by atoms with Gasteiger partial charge in [-0.15, -0.1) is 0 Å². The Morgan fingerprint density at radius 2 is 2.20 bits per heavy atom. The molecule has 112 valence electrons. The minimum atomic E-state index is -0.570. The lowest BCUT2D eigenvalue weighted by atomic mass is 10.1. The fraction of sp³-hybridized carbons (Fsp3) is 0.600. The van der Waals surface area contributed by atoms with Crippen LogP contribution >= 0.6 is 0 Å². The molecule has 0 aromatic heterocycles. The van der Waals surface area contributed by atoms with E-state index in [1.165, 1.54) is 25.0 Å². The highest BCUT2D eigenvalue weighted by Crippen LogP contribution is 2.19. The first-order chi connectivity index (χ1) is 9.47. The maximum Gasteiger partial charge on any atom is 0.130 e. The predicted octanol–water partition coefficient (Wildman–Crippen LogP) is 1.99. The van der Waals surface area contributed by atoms with Crippen LogP contribution in [-0.4, -0.2) is 49.6 Å². The molecule has 0 radical (unpaired) electrons. The average Bonchev–Trinajstić information content (AvgIpc) is 2.74. The van der Waals surface area contributed by atoms with Crippen LogP contribution in [0.2, 0.25) is 0 Å². The minimum absolute atomic E-state index is 0.373. The number of likely N-dealkylation sites (tertiary alicyclic amines) is 1. The molecule has 5 heteroatoms. The van der Waals surface area contributed by atoms with Crippen LogP contribution in [0.15, 0.2) is 18.2 Å². The Hall–Kier alpha value is -1.04. The van der Waals surface area contributed by atoms with E-state index in [-0.39, 0.29) is 0 Å². The second kappa shape index (κ2) is 6.61. The predicted molar refractivity (Wildman–Crippen MR) is 76.4 cm³/mol. The molecule has 0 amide bonds. The number of nitrogens with zero attached hydrogens (tertiary/aromatic N) is 2. The first-order valence-electron chi connectivity index (χ1n) is 7.06. The zero-order valence-corrected chi connectivity index (χ0v) is 12.1. The number of likely N-dealkylation sites (N-methyl/N-ethyl adjacent to an activating group) is 2. The van der Waals surface area contributed by atoms with E-state index in [9.17, 15) is 8.78 Å². The minimum Gasteiger partial charge on any atom is -0.323 e. The Bertz CT molecular complexity index is 453. The van der Waals surface area contributed by atoms with E-state index >= 15 is 0 Å². The highest BCUT2D eigenvalue weighted by Gasteiger charge is 2.23. The van der Waals surface area contributed by atoms with Gasteiger partial charge in [0.2, 0.25) is 0 Å². The van der Waals surface area contributed by atoms with E-state index in [0.717, 1.165) is 19.2 Å². The Balaban J connectivity index is 1.91. The van der Waals surface area contributed by atoms with Gasteiger partial charge in [-0.2, -0.15) is 0 Å². The smallest absolute Gasteiger partial charge is 0.130 e. The fourth-order valence-corrected chi connectivity index (χ4v) is 2.88. The van der Waals surface area contributed by atoms with E-state index in [1.807, 2.05) is 7.05 Å². The first kappa shape index (κ1) is 15.4. The van der Waals surface area contributed by atoms with Gasteiger partial charge in [0.25, 0.3) is 0 Å². The molecule has 0 saturated carbocycles. The number of benzene rings is 1. The summed E-state index contributed by atoms with van der Waals surface area (Å²) in [6.45, 7) is 2.62. The van der Waals surface area contributed by atoms with E-state index in [4.69, 9.17) is 5.73 Å². The van der Waals surface area contributed by atoms with Crippen LogP contribution in [0, 0.1) is 11.6 Å². The number of hydrogen-bond donors (Lipinski definition) is 1. The van der Waals surface area contributed by atoms with Crippen molar-refractivity contribution in [2.24, 2.45) is 5.73 Å². The summed E-state index contributed by atoms with van der Waals surface area (Å²) in [5, 5.41) is 0. The fourth-order valence-electron chi connectivity index (χ4n) is 2.88. The zero-order valence-electron chi connectivity index (χ0n) is 12.1. The van der Waals surface area contributed by atoms with Crippen LogP contribution in [0.25, 0.3) is 0 Å². The van der Waals surface area contributed by atoms with Gasteiger partial charge >= 0.3 is 0 Å². The second-order valence-electron chi connectivity index (χ2n) is 5.77. The molecule has 1 aliphatic rings. The maximum atomic E-state index is 13.7. The Morgan fingerprint density at radius 1 is 1.45 bits per heavy atom. The summed E-state index contributed by atoms with van der Waals surface area (Å²) in [6.07, 6.45) is 2.43. The van der Waals surface area contributed by atoms with Crippen molar-refractivity contribution in [3.8, 4) is 0 Å². The van der Waals surface area contributed by atoms with Gasteiger partial charge in [-0.1, -0.05) is 6.07 Å². The molecule has 1 aromatic rings. The van der Waals surface area contributed by atoms with Gasteiger partial charge in [0, 0.05) is 36.8 Å². The molecule has 2 N–H and O–H groups in total. The topological polar surface area (TPSA) is 32.5 Å². The molecular weight excluding hydrogens is 260 g/mol. The summed E-state index contributed by atoms with van der Waals surface area (Å²) in [4.78, 5) is 4.47. The van der Waals surface area contributed by atoms with Gasteiger partial charge in [0.05, 0.1) is 0 Å². The van der Waals surface area contributed by atoms with Crippen molar-refractivity contribution in [3.05, 3.63) is 35.4 Å². The highest BCUT2D eigenvalue weighted by atomic mass is 19.1. The molecule has 0 aliphatic carbocycles. The Kier molecular flexibility index (Phi) is 5.07. The molecule has 1 aromatic carbocycles. The lowest BCUT2D eigenvalue weighted by Gasteiger charge is -2.27. The maximum absolute atomic E-state index is 13.7. The molecule has 2 atom stereocenters. The van der Waals surface area contributed by atoms with E-state index < -0.39 is 17.7 Å². The third-order valence-electron chi connectivity index (χ3n) is 4.06. The molecule has 2 unspecified atom stereocenters. The van der Waals surface area contributed by atoms with Crippen LogP contribution in [0.5, 0.6) is 0 Å². The van der Waals surface area contributed by atoms with Crippen LogP contribution in [0.3, 0.4) is 0 Å². The van der Waals surface area contributed by atoms with Crippen molar-refractivity contribution >= 4 is 0 Å². The lowest BCUT2D eigenvalue weighted by Crippen LogP contribution is -2.39. The van der Waals surface area contributed by atoms with Crippen LogP contribution in [-0.2, 0) is 0 Å². The van der Waals surface area contributed by atoms with Crippen molar-refractivity contribution in [2.75, 3.05) is 33.7 Å². The Labute approximate surface area is 119 Å². The van der Waals surface area contributed by atoms with Crippen molar-refractivity contribution in [2.45, 2.75) is 24.9 Å². The second-order valence-corrected chi connectivity index (χ2v) is 5.77. The van der Waals surface area contributed by atoms with Crippen LogP contribution < -0.4 is 5.73 Å². The van der Waals surface area contributed by atoms with Crippen LogP contribution in [0.1, 0.15) is 24.4 Å². The van der Waals surface area contributed by atoms with Crippen molar-refractivity contribution in [1.82, 2.24) is 9.80 Å². The third kappa shape index (κ3) is 3.75. The summed E-state index contributed by atoms with van der Waals surface area (Å²) in [5.74, 6) is -1.14. The van der Waals surface area contributed by atoms with E-state index in [2.05, 4.69) is 16.8 Å². The normalized spacial score (nSPS) is 21.6. The monoisotopic (exact) mass is 283 g/mol. The van der Waals surface area contributed by atoms with Gasteiger partial charge in [0.15, 0.2) is 0 Å². The molecule has 0 bridgehead atoms. The molecular formula is C15H23F2N3. The summed E-state index contributed by atoms with van der Waals surface area (Å²) in [7, 11) is 4.12. The van der Waals surface area contributed by atoms with Gasteiger partial charge in [-0.05, 0) is 39.5 Å². The van der Waals surface area contributed by atoms with Crippen molar-refractivity contribution in [3.63, 3.8) is 0 Å². The zero-order chi connectivity index (χ0) is 14.7. The van der Waals surface area contributed by atoms with Gasteiger partial charge in [0.1, 0.15) is 11.6 Å². The first-order valence-corrected chi connectivity index (χ1v) is 7.06. The summed E-state index contributed by atoms with van der Waals surface area (Å²) < 4.78 is 26.6. The molecule has 1 heterocycles. The van der Waals surface area contributed by atoms with E-state index in [1.54, 1.807) is 0 Å². The molecule has 0 spiro atoms. The molecule has 2 rings (SSSR count). The summed E-state index contributed by atoms with van der Waals surface area (Å²) in [5.41, 5.74) is 6.41. The van der Waals surface area contributed by atoms with Crippen molar-refractivity contribution < 1.29 is 8.78 Å². The number of hydrogen-bond acceptors (Lipinski definition) is 3. The average molecular weight is 283 g/mol. The van der Waals surface area contributed by atoms with Gasteiger partial charge in [-0.3, -0.25) is 0 Å². The largest absolute Gasteiger partial charge is 0.323 e.